The molecule has 0 bridgehead atoms. The molecule has 0 unspecified atom stereocenters. The van der Waals surface area contributed by atoms with Gasteiger partial charge in [-0.25, -0.2) is 5.43 Å². The van der Waals surface area contributed by atoms with Gasteiger partial charge in [-0.1, -0.05) is 48.5 Å². The Hall–Kier alpha value is -3.80. The number of ether oxygens (including phenoxy) is 2. The highest BCUT2D eigenvalue weighted by Crippen LogP contribution is 2.35. The number of halogens is 4. The zero-order chi connectivity index (χ0) is 27.1. The number of hydrogen-bond donors (Lipinski definition) is 2. The summed E-state index contributed by atoms with van der Waals surface area (Å²) >= 11 is 2.14. The van der Waals surface area contributed by atoms with Crippen molar-refractivity contribution >= 4 is 51.2 Å². The van der Waals surface area contributed by atoms with Crippen LogP contribution in [0.5, 0.6) is 11.5 Å². The highest BCUT2D eigenvalue weighted by molar-refractivity contribution is 14.1. The summed E-state index contributed by atoms with van der Waals surface area (Å²) in [6.45, 7) is 0.108. The van der Waals surface area contributed by atoms with Crippen LogP contribution in [-0.2, 0) is 17.6 Å². The molecule has 0 saturated heterocycles. The maximum absolute atomic E-state index is 12.8. The number of fused-ring (bicyclic) bond motifs is 1. The maximum Gasteiger partial charge on any atom is 0.416 e. The Labute approximate surface area is 231 Å². The first-order chi connectivity index (χ1) is 18.2. The number of hydrazone groups is 1. The van der Waals surface area contributed by atoms with Crippen molar-refractivity contribution in [2.24, 2.45) is 5.10 Å². The molecular formula is C28H23F3IN3O3. The van der Waals surface area contributed by atoms with Crippen LogP contribution in [0.4, 0.5) is 18.9 Å². The van der Waals surface area contributed by atoms with E-state index in [4.69, 9.17) is 9.47 Å². The second kappa shape index (κ2) is 12.2. The Bertz CT molecular complexity index is 1470. The van der Waals surface area contributed by atoms with Crippen LogP contribution in [0, 0.1) is 3.57 Å². The van der Waals surface area contributed by atoms with E-state index in [9.17, 15) is 18.0 Å². The predicted molar refractivity (Wildman–Crippen MR) is 150 cm³/mol. The van der Waals surface area contributed by atoms with Gasteiger partial charge < -0.3 is 14.8 Å². The van der Waals surface area contributed by atoms with E-state index in [1.54, 1.807) is 13.2 Å². The molecule has 10 heteroatoms. The van der Waals surface area contributed by atoms with Crippen molar-refractivity contribution in [1.29, 1.82) is 0 Å². The van der Waals surface area contributed by atoms with Crippen molar-refractivity contribution in [3.05, 3.63) is 99.1 Å². The van der Waals surface area contributed by atoms with Crippen LogP contribution >= 0.6 is 22.6 Å². The highest BCUT2D eigenvalue weighted by atomic mass is 127. The van der Waals surface area contributed by atoms with Gasteiger partial charge in [-0.2, -0.15) is 18.3 Å². The Morgan fingerprint density at radius 3 is 2.58 bits per heavy atom. The molecule has 2 N–H and O–H groups in total. The SMILES string of the molecule is COc1cc(/C=N\NC(=O)CNc2cccc(C(F)(F)F)c2)cc(I)c1OCc1cccc2ccccc12. The van der Waals surface area contributed by atoms with Crippen molar-refractivity contribution in [2.75, 3.05) is 19.0 Å². The smallest absolute Gasteiger partial charge is 0.416 e. The molecule has 4 rings (SSSR count). The van der Waals surface area contributed by atoms with Crippen LogP contribution in [-0.4, -0.2) is 25.8 Å². The fourth-order valence-corrected chi connectivity index (χ4v) is 4.51. The van der Waals surface area contributed by atoms with E-state index in [2.05, 4.69) is 56.6 Å². The predicted octanol–water partition coefficient (Wildman–Crippen LogP) is 6.61. The van der Waals surface area contributed by atoms with Crippen molar-refractivity contribution in [3.8, 4) is 11.5 Å². The first-order valence-electron chi connectivity index (χ1n) is 11.4. The maximum atomic E-state index is 12.8. The molecular weight excluding hydrogens is 610 g/mol. The summed E-state index contributed by atoms with van der Waals surface area (Å²) in [6.07, 6.45) is -3.01. The van der Waals surface area contributed by atoms with Crippen LogP contribution in [0.2, 0.25) is 0 Å². The topological polar surface area (TPSA) is 72.0 Å². The third kappa shape index (κ3) is 6.94. The molecule has 38 heavy (non-hydrogen) atoms. The van der Waals surface area contributed by atoms with Gasteiger partial charge in [0.25, 0.3) is 5.91 Å². The number of alkyl halides is 3. The van der Waals surface area contributed by atoms with Gasteiger partial charge in [0, 0.05) is 5.69 Å². The Balaban J connectivity index is 1.36. The summed E-state index contributed by atoms with van der Waals surface area (Å²) in [7, 11) is 1.54. The zero-order valence-electron chi connectivity index (χ0n) is 20.2. The van der Waals surface area contributed by atoms with Crippen molar-refractivity contribution in [3.63, 3.8) is 0 Å². The molecule has 0 aliphatic heterocycles. The average molecular weight is 633 g/mol. The molecule has 0 spiro atoms. The van der Waals surface area contributed by atoms with Crippen molar-refractivity contribution < 1.29 is 27.4 Å². The summed E-state index contributed by atoms with van der Waals surface area (Å²) in [6, 6.07) is 22.3. The molecule has 0 atom stereocenters. The van der Waals surface area contributed by atoms with E-state index in [1.807, 2.05) is 30.3 Å². The standard InChI is InChI=1S/C28H23F3IN3O3/c1-37-25-13-18(15-34-35-26(36)16-33-22-10-5-9-21(14-22)28(29,30)31)12-24(32)27(25)38-17-20-8-4-7-19-6-2-3-11-23(19)20/h2-15,33H,16-17H2,1H3,(H,35,36)/b34-15-. The van der Waals surface area contributed by atoms with Gasteiger partial charge in [-0.05, 0) is 74.8 Å². The molecule has 4 aromatic carbocycles. The molecule has 0 fully saturated rings. The van der Waals surface area contributed by atoms with Gasteiger partial charge in [0.15, 0.2) is 11.5 Å². The van der Waals surface area contributed by atoms with E-state index < -0.39 is 17.6 Å². The molecule has 0 radical (unpaired) electrons. The van der Waals surface area contributed by atoms with Gasteiger partial charge in [0.2, 0.25) is 0 Å². The Morgan fingerprint density at radius 1 is 1.03 bits per heavy atom. The largest absolute Gasteiger partial charge is 0.493 e. The molecule has 1 amide bonds. The number of carbonyl (C=O) groups excluding carboxylic acids is 1. The lowest BCUT2D eigenvalue weighted by Crippen LogP contribution is -2.26. The highest BCUT2D eigenvalue weighted by Gasteiger charge is 2.30. The second-order valence-corrected chi connectivity index (χ2v) is 9.35. The van der Waals surface area contributed by atoms with Gasteiger partial charge in [0.05, 0.1) is 29.0 Å². The summed E-state index contributed by atoms with van der Waals surface area (Å²) in [5.74, 6) is 0.582. The number of nitrogens with one attached hydrogen (secondary N) is 2. The minimum atomic E-state index is -4.46. The lowest BCUT2D eigenvalue weighted by molar-refractivity contribution is -0.137. The average Bonchev–Trinajstić information content (AvgIpc) is 2.90. The number of rotatable bonds is 9. The van der Waals surface area contributed by atoms with E-state index >= 15 is 0 Å². The lowest BCUT2D eigenvalue weighted by Gasteiger charge is -2.14. The molecule has 196 valence electrons. The van der Waals surface area contributed by atoms with Gasteiger partial charge >= 0.3 is 6.18 Å². The first-order valence-corrected chi connectivity index (χ1v) is 12.5. The van der Waals surface area contributed by atoms with Crippen LogP contribution in [0.3, 0.4) is 0 Å². The van der Waals surface area contributed by atoms with E-state index in [-0.39, 0.29) is 12.2 Å². The van der Waals surface area contributed by atoms with Crippen molar-refractivity contribution in [1.82, 2.24) is 5.43 Å². The number of methoxy groups -OCH3 is 1. The summed E-state index contributed by atoms with van der Waals surface area (Å²) in [5, 5.41) is 8.85. The minimum absolute atomic E-state index is 0.178. The third-order valence-corrected chi connectivity index (χ3v) is 6.35. The van der Waals surface area contributed by atoms with Gasteiger partial charge in [0.1, 0.15) is 6.61 Å². The van der Waals surface area contributed by atoms with Crippen LogP contribution in [0.25, 0.3) is 10.8 Å². The summed E-state index contributed by atoms with van der Waals surface area (Å²) in [5.41, 5.74) is 3.44. The van der Waals surface area contributed by atoms with Crippen LogP contribution in [0.15, 0.2) is 84.0 Å². The van der Waals surface area contributed by atoms with Gasteiger partial charge in [-0.15, -0.1) is 0 Å². The van der Waals surface area contributed by atoms with Crippen LogP contribution < -0.4 is 20.2 Å². The Kier molecular flexibility index (Phi) is 8.72. The van der Waals surface area contributed by atoms with E-state index in [0.717, 1.165) is 32.0 Å². The normalized spacial score (nSPS) is 11.5. The van der Waals surface area contributed by atoms with Crippen LogP contribution in [0.1, 0.15) is 16.7 Å². The third-order valence-electron chi connectivity index (χ3n) is 5.55. The Morgan fingerprint density at radius 2 is 1.79 bits per heavy atom. The lowest BCUT2D eigenvalue weighted by atomic mass is 10.1. The molecule has 0 aliphatic rings. The second-order valence-electron chi connectivity index (χ2n) is 8.19. The summed E-state index contributed by atoms with van der Waals surface area (Å²) < 4.78 is 51.0. The summed E-state index contributed by atoms with van der Waals surface area (Å²) in [4.78, 5) is 12.1. The molecule has 0 aromatic heterocycles. The molecule has 0 aliphatic carbocycles. The molecule has 4 aromatic rings. The number of nitrogens with zero attached hydrogens (tertiary/aromatic N) is 1. The number of benzene rings is 4. The fourth-order valence-electron chi connectivity index (χ4n) is 3.73. The molecule has 6 nitrogen and oxygen atoms in total. The first kappa shape index (κ1) is 27.2. The molecule has 0 heterocycles. The van der Waals surface area contributed by atoms with E-state index in [0.29, 0.717) is 23.7 Å². The van der Waals surface area contributed by atoms with Crippen molar-refractivity contribution in [2.45, 2.75) is 12.8 Å². The fraction of sp³-hybridized carbons (Fsp3) is 0.143. The number of hydrogen-bond acceptors (Lipinski definition) is 5. The number of amides is 1. The van der Waals surface area contributed by atoms with Gasteiger partial charge in [-0.3, -0.25) is 4.79 Å². The number of carbonyl (C=O) groups is 1. The zero-order valence-corrected chi connectivity index (χ0v) is 22.3. The monoisotopic (exact) mass is 633 g/mol. The quantitative estimate of drug-likeness (QED) is 0.124. The number of anilines is 1. The van der Waals surface area contributed by atoms with E-state index in [1.165, 1.54) is 18.3 Å². The minimum Gasteiger partial charge on any atom is -0.493 e. The molecule has 0 saturated carbocycles.